The molecule has 0 saturated carbocycles. The van der Waals surface area contributed by atoms with Crippen LogP contribution in [-0.4, -0.2) is 5.54 Å². The molecule has 1 rings (SSSR count). The van der Waals surface area contributed by atoms with Crippen molar-refractivity contribution >= 4 is 21.6 Å². The monoisotopic (exact) mass is 255 g/mol. The lowest BCUT2D eigenvalue weighted by Gasteiger charge is -2.20. The summed E-state index contributed by atoms with van der Waals surface area (Å²) in [6.07, 6.45) is 0. The first-order valence-electron chi connectivity index (χ1n) is 4.47. The highest BCUT2D eigenvalue weighted by Gasteiger charge is 2.11. The van der Waals surface area contributed by atoms with Crippen LogP contribution in [0.15, 0.2) is 33.5 Å². The molecule has 0 fully saturated rings. The van der Waals surface area contributed by atoms with Gasteiger partial charge in [0.15, 0.2) is 0 Å². The third-order valence-corrected chi connectivity index (χ3v) is 2.21. The molecule has 0 radical (unpaired) electrons. The fourth-order valence-electron chi connectivity index (χ4n) is 1.07. The maximum atomic E-state index is 11.7. The first kappa shape index (κ1) is 11.2. The summed E-state index contributed by atoms with van der Waals surface area (Å²) in [6, 6.07) is 7.22. The smallest absolute Gasteiger partial charge is 0.215 e. The third kappa shape index (κ3) is 3.14. The minimum absolute atomic E-state index is 0.00933. The van der Waals surface area contributed by atoms with Crippen molar-refractivity contribution in [2.24, 2.45) is 0 Å². The predicted molar refractivity (Wildman–Crippen MR) is 63.8 cm³/mol. The summed E-state index contributed by atoms with van der Waals surface area (Å²) in [5.74, 6) is 0. The molecule has 0 aliphatic heterocycles. The maximum Gasteiger partial charge on any atom is 0.215 e. The molecule has 0 atom stereocenters. The van der Waals surface area contributed by atoms with Crippen molar-refractivity contribution < 1.29 is 0 Å². The number of rotatable bonds is 1. The molecular weight excluding hydrogens is 242 g/mol. The Hall–Kier alpha value is -0.830. The Balaban J connectivity index is 3.18. The number of halogens is 1. The van der Waals surface area contributed by atoms with Gasteiger partial charge in [0, 0.05) is 5.54 Å². The molecule has 0 bridgehead atoms. The van der Waals surface area contributed by atoms with E-state index < -0.39 is 0 Å². The van der Waals surface area contributed by atoms with E-state index in [2.05, 4.69) is 21.2 Å². The van der Waals surface area contributed by atoms with Crippen LogP contribution in [0.25, 0.3) is 0 Å². The quantitative estimate of drug-likeness (QED) is 0.836. The van der Waals surface area contributed by atoms with Crippen LogP contribution in [0, 0.1) is 0 Å². The molecule has 3 heteroatoms. The summed E-state index contributed by atoms with van der Waals surface area (Å²) in [7, 11) is 0. The highest BCUT2D eigenvalue weighted by atomic mass is 79.9. The highest BCUT2D eigenvalue weighted by molar-refractivity contribution is 9.10. The Labute approximate surface area is 92.5 Å². The Bertz CT molecular complexity index is 382. The maximum absolute atomic E-state index is 11.7. The van der Waals surface area contributed by atoms with E-state index in [1.807, 2.05) is 32.9 Å². The van der Waals surface area contributed by atoms with Gasteiger partial charge in [-0.25, -0.2) is 0 Å². The van der Waals surface area contributed by atoms with E-state index in [1.54, 1.807) is 12.1 Å². The van der Waals surface area contributed by atoms with E-state index in [4.69, 9.17) is 0 Å². The van der Waals surface area contributed by atoms with Crippen molar-refractivity contribution in [3.63, 3.8) is 0 Å². The van der Waals surface area contributed by atoms with Gasteiger partial charge in [-0.05, 0) is 48.8 Å². The summed E-state index contributed by atoms with van der Waals surface area (Å²) in [5.41, 5.74) is 0.506. The van der Waals surface area contributed by atoms with E-state index in [1.165, 1.54) is 0 Å². The standard InChI is InChI=1S/C11H14BrNO/c1-11(2,3)13-9-7-5-4-6-8(12)10(9)14/h4-7H,1-3H3,(H,13,14). The van der Waals surface area contributed by atoms with E-state index >= 15 is 0 Å². The summed E-state index contributed by atoms with van der Waals surface area (Å²) in [6.45, 7) is 6.06. The molecule has 0 aromatic heterocycles. The lowest BCUT2D eigenvalue weighted by Crippen LogP contribution is -2.28. The van der Waals surface area contributed by atoms with Crippen LogP contribution < -0.4 is 10.7 Å². The van der Waals surface area contributed by atoms with E-state index in [0.29, 0.717) is 10.2 Å². The fourth-order valence-corrected chi connectivity index (χ4v) is 1.44. The van der Waals surface area contributed by atoms with Crippen LogP contribution in [0.5, 0.6) is 0 Å². The number of nitrogens with one attached hydrogen (secondary N) is 1. The summed E-state index contributed by atoms with van der Waals surface area (Å²) >= 11 is 3.23. The summed E-state index contributed by atoms with van der Waals surface area (Å²) in [4.78, 5) is 11.7. The van der Waals surface area contributed by atoms with Crippen LogP contribution in [-0.2, 0) is 0 Å². The Kier molecular flexibility index (Phi) is 3.32. The molecule has 76 valence electrons. The van der Waals surface area contributed by atoms with Crippen molar-refractivity contribution in [1.82, 2.24) is 0 Å². The zero-order valence-corrected chi connectivity index (χ0v) is 10.2. The van der Waals surface area contributed by atoms with Crippen molar-refractivity contribution in [2.45, 2.75) is 26.3 Å². The van der Waals surface area contributed by atoms with Crippen molar-refractivity contribution in [2.75, 3.05) is 5.32 Å². The molecule has 2 nitrogen and oxygen atoms in total. The van der Waals surface area contributed by atoms with Crippen molar-refractivity contribution in [3.8, 4) is 0 Å². The average molecular weight is 256 g/mol. The fraction of sp³-hybridized carbons (Fsp3) is 0.364. The number of anilines is 1. The second-order valence-electron chi connectivity index (χ2n) is 4.18. The Morgan fingerprint density at radius 2 is 1.79 bits per heavy atom. The van der Waals surface area contributed by atoms with Crippen molar-refractivity contribution in [3.05, 3.63) is 39.0 Å². The molecule has 1 N–H and O–H groups in total. The molecule has 1 aromatic carbocycles. The van der Waals surface area contributed by atoms with Gasteiger partial charge in [0.1, 0.15) is 0 Å². The largest absolute Gasteiger partial charge is 0.377 e. The molecule has 0 saturated heterocycles. The van der Waals surface area contributed by atoms with Gasteiger partial charge in [-0.3, -0.25) is 4.79 Å². The first-order valence-corrected chi connectivity index (χ1v) is 5.26. The van der Waals surface area contributed by atoms with Crippen LogP contribution in [0.3, 0.4) is 0 Å². The lowest BCUT2D eigenvalue weighted by molar-refractivity contribution is 0.633. The van der Waals surface area contributed by atoms with Gasteiger partial charge in [-0.2, -0.15) is 0 Å². The summed E-state index contributed by atoms with van der Waals surface area (Å²) in [5, 5.41) is 3.17. The molecular formula is C11H14BrNO. The van der Waals surface area contributed by atoms with E-state index in [0.717, 1.165) is 0 Å². The molecule has 0 aliphatic rings. The molecule has 0 heterocycles. The van der Waals surface area contributed by atoms with Crippen LogP contribution >= 0.6 is 15.9 Å². The van der Waals surface area contributed by atoms with Crippen LogP contribution in [0.4, 0.5) is 5.69 Å². The van der Waals surface area contributed by atoms with Gasteiger partial charge in [-0.15, -0.1) is 0 Å². The zero-order valence-electron chi connectivity index (χ0n) is 8.60. The first-order chi connectivity index (χ1) is 6.40. The van der Waals surface area contributed by atoms with Crippen molar-refractivity contribution in [1.29, 1.82) is 0 Å². The highest BCUT2D eigenvalue weighted by Crippen LogP contribution is 2.12. The van der Waals surface area contributed by atoms with Crippen LogP contribution in [0.1, 0.15) is 20.8 Å². The third-order valence-electron chi connectivity index (χ3n) is 1.59. The topological polar surface area (TPSA) is 29.1 Å². The lowest BCUT2D eigenvalue weighted by atomic mass is 10.1. The van der Waals surface area contributed by atoms with Gasteiger partial charge >= 0.3 is 0 Å². The number of hydrogen-bond donors (Lipinski definition) is 1. The normalized spacial score (nSPS) is 11.1. The molecule has 0 spiro atoms. The molecule has 0 amide bonds. The van der Waals surface area contributed by atoms with Gasteiger partial charge in [0.05, 0.1) is 10.2 Å². The Morgan fingerprint density at radius 1 is 1.21 bits per heavy atom. The number of hydrogen-bond acceptors (Lipinski definition) is 2. The van der Waals surface area contributed by atoms with Gasteiger partial charge < -0.3 is 5.32 Å². The second kappa shape index (κ2) is 4.13. The zero-order chi connectivity index (χ0) is 10.8. The molecule has 0 unspecified atom stereocenters. The average Bonchev–Trinajstić information content (AvgIpc) is 2.17. The van der Waals surface area contributed by atoms with Gasteiger partial charge in [-0.1, -0.05) is 12.1 Å². The van der Waals surface area contributed by atoms with Crippen LogP contribution in [0.2, 0.25) is 0 Å². The SMILES string of the molecule is CC(C)(C)Nc1ccccc(Br)c1=O. The van der Waals surface area contributed by atoms with E-state index in [9.17, 15) is 4.79 Å². The summed E-state index contributed by atoms with van der Waals surface area (Å²) < 4.78 is 0.578. The Morgan fingerprint density at radius 3 is 2.36 bits per heavy atom. The van der Waals surface area contributed by atoms with E-state index in [-0.39, 0.29) is 11.0 Å². The van der Waals surface area contributed by atoms with Gasteiger partial charge in [0.2, 0.25) is 5.43 Å². The molecule has 0 aliphatic carbocycles. The predicted octanol–water partition coefficient (Wildman–Crippen LogP) is 3.02. The minimum atomic E-state index is -0.104. The van der Waals surface area contributed by atoms with Gasteiger partial charge in [0.25, 0.3) is 0 Å². The minimum Gasteiger partial charge on any atom is -0.377 e. The second-order valence-corrected chi connectivity index (χ2v) is 5.04. The molecule has 14 heavy (non-hydrogen) atoms. The molecule has 1 aromatic rings.